The van der Waals surface area contributed by atoms with E-state index in [0.29, 0.717) is 24.5 Å². The number of fused-ring (bicyclic) bond motifs is 2. The van der Waals surface area contributed by atoms with Gasteiger partial charge in [-0.3, -0.25) is 0 Å². The fraction of sp³-hybridized carbons (Fsp3) is 0.235. The Morgan fingerprint density at radius 1 is 1.29 bits per heavy atom. The Morgan fingerprint density at radius 3 is 2.90 bits per heavy atom. The molecular weight excluding hydrogens is 288 g/mol. The van der Waals surface area contributed by atoms with Crippen LogP contribution in [0.25, 0.3) is 0 Å². The van der Waals surface area contributed by atoms with E-state index < -0.39 is 0 Å². The number of benzene rings is 2. The van der Waals surface area contributed by atoms with Gasteiger partial charge in [0.2, 0.25) is 0 Å². The first-order valence-corrected chi connectivity index (χ1v) is 7.30. The molecule has 0 N–H and O–H groups in total. The zero-order valence-electron chi connectivity index (χ0n) is 11.6. The van der Waals surface area contributed by atoms with Crippen molar-refractivity contribution in [3.8, 4) is 5.75 Å². The van der Waals surface area contributed by atoms with E-state index in [2.05, 4.69) is 0 Å². The number of hydrogen-bond donors (Lipinski definition) is 0. The maximum Gasteiger partial charge on any atom is 0.338 e. The van der Waals surface area contributed by atoms with E-state index in [1.165, 1.54) is 0 Å². The maximum absolute atomic E-state index is 11.9. The molecule has 4 heteroatoms. The summed E-state index contributed by atoms with van der Waals surface area (Å²) < 4.78 is 10.8. The number of ether oxygens (including phenoxy) is 2. The van der Waals surface area contributed by atoms with Crippen LogP contribution in [0.15, 0.2) is 42.5 Å². The molecule has 0 saturated carbocycles. The molecule has 0 fully saturated rings. The van der Waals surface area contributed by atoms with E-state index in [9.17, 15) is 4.79 Å². The predicted octanol–water partition coefficient (Wildman–Crippen LogP) is 4.08. The highest BCUT2D eigenvalue weighted by Crippen LogP contribution is 2.40. The molecule has 0 amide bonds. The molecule has 1 unspecified atom stereocenters. The molecule has 0 saturated heterocycles. The monoisotopic (exact) mass is 302 g/mol. The smallest absolute Gasteiger partial charge is 0.338 e. The van der Waals surface area contributed by atoms with Crippen LogP contribution in [0.3, 0.4) is 0 Å². The van der Waals surface area contributed by atoms with Crippen molar-refractivity contribution in [1.29, 1.82) is 0 Å². The average Bonchev–Trinajstić information content (AvgIpc) is 2.65. The van der Waals surface area contributed by atoms with Crippen molar-refractivity contribution >= 4 is 17.6 Å². The van der Waals surface area contributed by atoms with Crippen LogP contribution in [-0.2, 0) is 11.3 Å². The Hall–Kier alpha value is -2.00. The Morgan fingerprint density at radius 2 is 2.10 bits per heavy atom. The molecule has 0 aromatic heterocycles. The zero-order chi connectivity index (χ0) is 14.8. The van der Waals surface area contributed by atoms with Crippen molar-refractivity contribution in [2.75, 3.05) is 6.61 Å². The number of rotatable bonds is 2. The molecule has 0 spiro atoms. The lowest BCUT2D eigenvalue weighted by molar-refractivity contribution is 0.0526. The molecule has 21 heavy (non-hydrogen) atoms. The van der Waals surface area contributed by atoms with Gasteiger partial charge in [0.25, 0.3) is 0 Å². The first-order valence-electron chi connectivity index (χ1n) is 6.86. The third-order valence-electron chi connectivity index (χ3n) is 3.51. The third-order valence-corrected chi connectivity index (χ3v) is 3.98. The number of alkyl halides is 1. The molecule has 3 rings (SSSR count). The predicted molar refractivity (Wildman–Crippen MR) is 80.9 cm³/mol. The summed E-state index contributed by atoms with van der Waals surface area (Å²) in [5.41, 5.74) is 3.36. The lowest BCUT2D eigenvalue weighted by atomic mass is 9.99. The molecular formula is C17H15ClO3. The second-order valence-corrected chi connectivity index (χ2v) is 5.26. The highest BCUT2D eigenvalue weighted by atomic mass is 35.5. The lowest BCUT2D eigenvalue weighted by Gasteiger charge is -2.13. The summed E-state index contributed by atoms with van der Waals surface area (Å²) in [5.74, 6) is 0.362. The summed E-state index contributed by atoms with van der Waals surface area (Å²) in [5, 5.41) is -0.340. The fourth-order valence-electron chi connectivity index (χ4n) is 2.46. The molecule has 0 bridgehead atoms. The first kappa shape index (κ1) is 14.0. The highest BCUT2D eigenvalue weighted by Gasteiger charge is 2.24. The summed E-state index contributed by atoms with van der Waals surface area (Å²) in [4.78, 5) is 11.9. The van der Waals surface area contributed by atoms with Crippen molar-refractivity contribution in [2.24, 2.45) is 0 Å². The molecule has 3 nitrogen and oxygen atoms in total. The topological polar surface area (TPSA) is 35.5 Å². The molecule has 2 aromatic rings. The highest BCUT2D eigenvalue weighted by molar-refractivity contribution is 6.23. The maximum atomic E-state index is 11.9. The van der Waals surface area contributed by atoms with Crippen molar-refractivity contribution in [2.45, 2.75) is 18.9 Å². The van der Waals surface area contributed by atoms with Gasteiger partial charge in [0, 0.05) is 5.56 Å². The molecule has 108 valence electrons. The van der Waals surface area contributed by atoms with Crippen molar-refractivity contribution < 1.29 is 14.3 Å². The van der Waals surface area contributed by atoms with Crippen molar-refractivity contribution in [3.63, 3.8) is 0 Å². The van der Waals surface area contributed by atoms with Gasteiger partial charge in [0.15, 0.2) is 0 Å². The van der Waals surface area contributed by atoms with Crippen LogP contribution < -0.4 is 4.74 Å². The van der Waals surface area contributed by atoms with Gasteiger partial charge in [-0.1, -0.05) is 24.3 Å². The molecule has 0 radical (unpaired) electrons. The third kappa shape index (κ3) is 2.61. The summed E-state index contributed by atoms with van der Waals surface area (Å²) in [7, 11) is 0. The zero-order valence-corrected chi connectivity index (χ0v) is 12.4. The van der Waals surface area contributed by atoms with E-state index in [0.717, 1.165) is 16.7 Å². The Balaban J connectivity index is 2.04. The van der Waals surface area contributed by atoms with Gasteiger partial charge < -0.3 is 9.47 Å². The summed E-state index contributed by atoms with van der Waals surface area (Å²) in [6.45, 7) is 2.61. The number of carbonyl (C=O) groups is 1. The van der Waals surface area contributed by atoms with E-state index in [-0.39, 0.29) is 11.3 Å². The minimum absolute atomic E-state index is 0.340. The van der Waals surface area contributed by atoms with Gasteiger partial charge in [-0.2, -0.15) is 0 Å². The SMILES string of the molecule is CCOC(=O)c1ccc2c(c1)C(Cl)c1ccccc1CO2. The number of carbonyl (C=O) groups excluding carboxylic acids is 1. The quantitative estimate of drug-likeness (QED) is 0.619. The summed E-state index contributed by atoms with van der Waals surface area (Å²) in [6.07, 6.45) is 0. The van der Waals surface area contributed by atoms with Crippen LogP contribution in [0, 0.1) is 0 Å². The van der Waals surface area contributed by atoms with Crippen LogP contribution in [-0.4, -0.2) is 12.6 Å². The van der Waals surface area contributed by atoms with Gasteiger partial charge in [-0.25, -0.2) is 4.79 Å². The Labute approximate surface area is 128 Å². The second-order valence-electron chi connectivity index (χ2n) is 4.82. The number of hydrogen-bond acceptors (Lipinski definition) is 3. The molecule has 0 aliphatic carbocycles. The van der Waals surface area contributed by atoms with E-state index >= 15 is 0 Å². The van der Waals surface area contributed by atoms with Crippen molar-refractivity contribution in [3.05, 3.63) is 64.7 Å². The standard InChI is InChI=1S/C17H15ClO3/c1-2-20-17(19)11-7-8-15-14(9-11)16(18)13-6-4-3-5-12(13)10-21-15/h3-9,16H,2,10H2,1H3. The van der Waals surface area contributed by atoms with Crippen LogP contribution in [0.4, 0.5) is 0 Å². The van der Waals surface area contributed by atoms with Crippen LogP contribution in [0.5, 0.6) is 5.75 Å². The van der Waals surface area contributed by atoms with Crippen molar-refractivity contribution in [1.82, 2.24) is 0 Å². The largest absolute Gasteiger partial charge is 0.489 e. The van der Waals surface area contributed by atoms with Gasteiger partial charge in [-0.05, 0) is 36.2 Å². The number of esters is 1. The molecule has 1 heterocycles. The van der Waals surface area contributed by atoms with Crippen LogP contribution in [0.2, 0.25) is 0 Å². The average molecular weight is 303 g/mol. The molecule has 1 aliphatic rings. The first-order chi connectivity index (χ1) is 10.2. The normalized spacial score (nSPS) is 16.2. The van der Waals surface area contributed by atoms with E-state index in [1.54, 1.807) is 25.1 Å². The number of halogens is 1. The van der Waals surface area contributed by atoms with Gasteiger partial charge in [0.05, 0.1) is 17.5 Å². The van der Waals surface area contributed by atoms with E-state index in [4.69, 9.17) is 21.1 Å². The fourth-order valence-corrected chi connectivity index (χ4v) is 2.84. The Bertz CT molecular complexity index is 681. The van der Waals surface area contributed by atoms with Crippen LogP contribution >= 0.6 is 11.6 Å². The minimum Gasteiger partial charge on any atom is -0.489 e. The van der Waals surface area contributed by atoms with Gasteiger partial charge in [0.1, 0.15) is 12.4 Å². The molecule has 1 atom stereocenters. The van der Waals surface area contributed by atoms with Gasteiger partial charge >= 0.3 is 5.97 Å². The second kappa shape index (κ2) is 5.78. The summed E-state index contributed by atoms with van der Waals surface area (Å²) in [6, 6.07) is 13.2. The Kier molecular flexibility index (Phi) is 3.84. The summed E-state index contributed by atoms with van der Waals surface area (Å²) >= 11 is 6.60. The van der Waals surface area contributed by atoms with Crippen LogP contribution in [0.1, 0.15) is 39.3 Å². The van der Waals surface area contributed by atoms with E-state index in [1.807, 2.05) is 24.3 Å². The minimum atomic E-state index is -0.346. The molecule has 1 aliphatic heterocycles. The lowest BCUT2D eigenvalue weighted by Crippen LogP contribution is -2.06. The van der Waals surface area contributed by atoms with Gasteiger partial charge in [-0.15, -0.1) is 11.6 Å². The molecule has 2 aromatic carbocycles.